The summed E-state index contributed by atoms with van der Waals surface area (Å²) in [5.74, 6) is 2.91. The van der Waals surface area contributed by atoms with Gasteiger partial charge < -0.3 is 4.74 Å². The van der Waals surface area contributed by atoms with Crippen molar-refractivity contribution in [3.05, 3.63) is 0 Å². The van der Waals surface area contributed by atoms with Crippen LogP contribution in [0.5, 0.6) is 0 Å². The highest BCUT2D eigenvalue weighted by Crippen LogP contribution is 2.34. The zero-order valence-corrected chi connectivity index (χ0v) is 15.3. The quantitative estimate of drug-likeness (QED) is 0.428. The van der Waals surface area contributed by atoms with Crippen molar-refractivity contribution >= 4 is 0 Å². The smallest absolute Gasteiger partial charge is 0.0575 e. The van der Waals surface area contributed by atoms with Gasteiger partial charge in [0.1, 0.15) is 0 Å². The topological polar surface area (TPSA) is 9.23 Å². The number of rotatable bonds is 9. The third-order valence-electron chi connectivity index (χ3n) is 6.24. The lowest BCUT2D eigenvalue weighted by Gasteiger charge is -2.32. The Bertz CT molecular complexity index is 259. The minimum atomic E-state index is 0.593. The summed E-state index contributed by atoms with van der Waals surface area (Å²) >= 11 is 0. The van der Waals surface area contributed by atoms with E-state index in [4.69, 9.17) is 4.74 Å². The van der Waals surface area contributed by atoms with Gasteiger partial charge in [0.2, 0.25) is 0 Å². The third-order valence-corrected chi connectivity index (χ3v) is 6.24. The Hall–Kier alpha value is -0.0400. The molecule has 0 unspecified atom stereocenters. The lowest BCUT2D eigenvalue weighted by Crippen LogP contribution is -2.26. The minimum absolute atomic E-state index is 0.593. The first kappa shape index (κ1) is 18.3. The Morgan fingerprint density at radius 3 is 1.86 bits per heavy atom. The molecule has 2 aliphatic rings. The molecular formula is C21H40O. The van der Waals surface area contributed by atoms with E-state index in [1.54, 1.807) is 0 Å². The Morgan fingerprint density at radius 2 is 1.23 bits per heavy atom. The van der Waals surface area contributed by atoms with Crippen LogP contribution in [-0.2, 0) is 4.74 Å². The standard InChI is InChI=1S/C21H40O/c1-3-5-6-8-19-9-11-20(12-10-19)17-22-21-15-13-18(7-4-2)14-16-21/h18-21H,3-17H2,1-2H3. The van der Waals surface area contributed by atoms with Gasteiger partial charge in [0.25, 0.3) is 0 Å². The molecule has 1 heteroatoms. The van der Waals surface area contributed by atoms with E-state index >= 15 is 0 Å². The van der Waals surface area contributed by atoms with Crippen molar-refractivity contribution in [1.29, 1.82) is 0 Å². The maximum Gasteiger partial charge on any atom is 0.0575 e. The molecule has 2 fully saturated rings. The van der Waals surface area contributed by atoms with Gasteiger partial charge in [-0.2, -0.15) is 0 Å². The molecule has 0 aliphatic heterocycles. The van der Waals surface area contributed by atoms with Crippen molar-refractivity contribution < 1.29 is 4.74 Å². The summed E-state index contributed by atoms with van der Waals surface area (Å²) in [4.78, 5) is 0. The monoisotopic (exact) mass is 308 g/mol. The Balaban J connectivity index is 1.52. The Kier molecular flexibility index (Phi) is 8.89. The maximum absolute atomic E-state index is 6.28. The third kappa shape index (κ3) is 6.60. The first-order chi connectivity index (χ1) is 10.8. The zero-order valence-electron chi connectivity index (χ0n) is 15.3. The normalized spacial score (nSPS) is 33.0. The number of unbranched alkanes of at least 4 members (excludes halogenated alkanes) is 2. The fraction of sp³-hybridized carbons (Fsp3) is 1.00. The highest BCUT2D eigenvalue weighted by Gasteiger charge is 2.24. The van der Waals surface area contributed by atoms with Crippen LogP contribution in [-0.4, -0.2) is 12.7 Å². The van der Waals surface area contributed by atoms with Crippen LogP contribution < -0.4 is 0 Å². The SMILES string of the molecule is CCCCCC1CCC(COC2CCC(CCC)CC2)CC1. The molecule has 0 heterocycles. The summed E-state index contributed by atoms with van der Waals surface area (Å²) in [6.45, 7) is 5.69. The molecule has 1 nitrogen and oxygen atoms in total. The molecular weight excluding hydrogens is 268 g/mol. The van der Waals surface area contributed by atoms with Crippen LogP contribution in [0.4, 0.5) is 0 Å². The number of ether oxygens (including phenoxy) is 1. The van der Waals surface area contributed by atoms with E-state index in [2.05, 4.69) is 13.8 Å². The average molecular weight is 309 g/mol. The van der Waals surface area contributed by atoms with Gasteiger partial charge in [0.05, 0.1) is 6.10 Å². The molecule has 0 saturated heterocycles. The molecule has 0 aromatic rings. The van der Waals surface area contributed by atoms with E-state index in [0.717, 1.165) is 24.4 Å². The molecule has 0 radical (unpaired) electrons. The van der Waals surface area contributed by atoms with E-state index in [9.17, 15) is 0 Å². The number of hydrogen-bond acceptors (Lipinski definition) is 1. The molecule has 130 valence electrons. The predicted octanol–water partition coefficient (Wildman–Crippen LogP) is 6.75. The summed E-state index contributed by atoms with van der Waals surface area (Å²) in [6, 6.07) is 0. The van der Waals surface area contributed by atoms with Gasteiger partial charge in [-0.1, -0.05) is 65.2 Å². The van der Waals surface area contributed by atoms with Crippen molar-refractivity contribution in [3.63, 3.8) is 0 Å². The largest absolute Gasteiger partial charge is 0.378 e. The van der Waals surface area contributed by atoms with E-state index in [1.165, 1.54) is 89.9 Å². The lowest BCUT2D eigenvalue weighted by atomic mass is 9.80. The fourth-order valence-electron chi connectivity index (χ4n) is 4.64. The zero-order chi connectivity index (χ0) is 15.6. The van der Waals surface area contributed by atoms with Gasteiger partial charge in [0.15, 0.2) is 0 Å². The van der Waals surface area contributed by atoms with Crippen LogP contribution in [0, 0.1) is 17.8 Å². The summed E-state index contributed by atoms with van der Waals surface area (Å²) in [7, 11) is 0. The van der Waals surface area contributed by atoms with E-state index in [1.807, 2.05) is 0 Å². The van der Waals surface area contributed by atoms with Gasteiger partial charge in [-0.15, -0.1) is 0 Å². The minimum Gasteiger partial charge on any atom is -0.378 e. The second-order valence-corrected chi connectivity index (χ2v) is 8.15. The van der Waals surface area contributed by atoms with Gasteiger partial charge in [0, 0.05) is 6.61 Å². The van der Waals surface area contributed by atoms with E-state index in [-0.39, 0.29) is 0 Å². The molecule has 2 rings (SSSR count). The van der Waals surface area contributed by atoms with Crippen LogP contribution in [0.3, 0.4) is 0 Å². The molecule has 22 heavy (non-hydrogen) atoms. The molecule has 0 bridgehead atoms. The van der Waals surface area contributed by atoms with E-state index in [0.29, 0.717) is 6.10 Å². The van der Waals surface area contributed by atoms with Crippen LogP contribution in [0.15, 0.2) is 0 Å². The van der Waals surface area contributed by atoms with Crippen molar-refractivity contribution in [2.24, 2.45) is 17.8 Å². The summed E-state index contributed by atoms with van der Waals surface area (Å²) in [5.41, 5.74) is 0. The van der Waals surface area contributed by atoms with Crippen molar-refractivity contribution in [2.75, 3.05) is 6.61 Å². The van der Waals surface area contributed by atoms with E-state index < -0.39 is 0 Å². The van der Waals surface area contributed by atoms with Crippen molar-refractivity contribution in [2.45, 2.75) is 110 Å². The molecule has 0 atom stereocenters. The van der Waals surface area contributed by atoms with Crippen molar-refractivity contribution in [1.82, 2.24) is 0 Å². The summed E-state index contributed by atoms with van der Waals surface area (Å²) < 4.78 is 6.28. The van der Waals surface area contributed by atoms with Crippen LogP contribution in [0.2, 0.25) is 0 Å². The first-order valence-corrected chi connectivity index (χ1v) is 10.4. The highest BCUT2D eigenvalue weighted by molar-refractivity contribution is 4.75. The molecule has 0 amide bonds. The highest BCUT2D eigenvalue weighted by atomic mass is 16.5. The second-order valence-electron chi connectivity index (χ2n) is 8.15. The van der Waals surface area contributed by atoms with Gasteiger partial charge in [-0.05, 0) is 56.3 Å². The van der Waals surface area contributed by atoms with Crippen LogP contribution >= 0.6 is 0 Å². The Morgan fingerprint density at radius 1 is 0.636 bits per heavy atom. The van der Waals surface area contributed by atoms with Crippen LogP contribution in [0.25, 0.3) is 0 Å². The van der Waals surface area contributed by atoms with Gasteiger partial charge >= 0.3 is 0 Å². The van der Waals surface area contributed by atoms with Crippen molar-refractivity contribution in [3.8, 4) is 0 Å². The fourth-order valence-corrected chi connectivity index (χ4v) is 4.64. The molecule has 0 spiro atoms. The predicted molar refractivity (Wildman–Crippen MR) is 96.2 cm³/mol. The van der Waals surface area contributed by atoms with Gasteiger partial charge in [-0.25, -0.2) is 0 Å². The summed E-state index contributed by atoms with van der Waals surface area (Å²) in [5, 5.41) is 0. The Labute approximate surface area is 139 Å². The lowest BCUT2D eigenvalue weighted by molar-refractivity contribution is -0.0103. The molecule has 2 saturated carbocycles. The second kappa shape index (κ2) is 10.7. The molecule has 0 aromatic carbocycles. The van der Waals surface area contributed by atoms with Gasteiger partial charge in [-0.3, -0.25) is 0 Å². The molecule has 2 aliphatic carbocycles. The number of hydrogen-bond donors (Lipinski definition) is 0. The molecule has 0 aromatic heterocycles. The molecule has 0 N–H and O–H groups in total. The maximum atomic E-state index is 6.28. The first-order valence-electron chi connectivity index (χ1n) is 10.4. The van der Waals surface area contributed by atoms with Crippen LogP contribution in [0.1, 0.15) is 104 Å². The summed E-state index contributed by atoms with van der Waals surface area (Å²) in [6.07, 6.45) is 20.5. The average Bonchev–Trinajstić information content (AvgIpc) is 2.56.